The number of carbonyl (C=O) groups excluding carboxylic acids is 2. The maximum atomic E-state index is 14.6. The summed E-state index contributed by atoms with van der Waals surface area (Å²) in [6.07, 6.45) is -1.35. The molecule has 1 aliphatic carbocycles. The number of nitrogens with two attached hydrogens (primary N) is 1. The van der Waals surface area contributed by atoms with Gasteiger partial charge in [0.05, 0.1) is 35.0 Å². The first kappa shape index (κ1) is 35.9. The minimum absolute atomic E-state index is 0.0253. The Labute approximate surface area is 314 Å². The zero-order valence-electron chi connectivity index (χ0n) is 29.0. The fourth-order valence-electron chi connectivity index (χ4n) is 7.38. The molecular formula is C35H33ClF3N9O5S. The Morgan fingerprint density at radius 3 is 2.54 bits per heavy atom. The standard InChI is InChI=1S/C35H33ClF3N9O5S/c1-3-22-26(45-8-10-46(11-9-45)31(51)24-27(49)17(2)41-16-42-24)32(52)48-33(43-30(44-48)23-12-18-14-53-15-34(6-7-34)28(18)54-23)47(22)25(29(40)50)20-5-4-19(13-21(20)36)35(37,38)39/h4-5,12-13,16,25,49H,3,6-11,14-15H2,1-2H3,(H2,40,50). The Morgan fingerprint density at radius 1 is 1.15 bits per heavy atom. The highest BCUT2D eigenvalue weighted by molar-refractivity contribution is 7.15. The molecule has 2 fully saturated rings. The van der Waals surface area contributed by atoms with Gasteiger partial charge in [-0.2, -0.15) is 22.7 Å². The average Bonchev–Trinajstić information content (AvgIpc) is 3.53. The van der Waals surface area contributed by atoms with E-state index in [1.165, 1.54) is 32.0 Å². The summed E-state index contributed by atoms with van der Waals surface area (Å²) in [5.74, 6) is -1.62. The fourth-order valence-corrected chi connectivity index (χ4v) is 8.99. The summed E-state index contributed by atoms with van der Waals surface area (Å²) in [6.45, 7) is 4.96. The summed E-state index contributed by atoms with van der Waals surface area (Å²) in [6, 6.07) is 3.09. The number of anilines is 1. The molecule has 19 heteroatoms. The van der Waals surface area contributed by atoms with Gasteiger partial charge in [0.2, 0.25) is 11.7 Å². The number of aromatic nitrogens is 6. The van der Waals surface area contributed by atoms with E-state index in [0.717, 1.165) is 41.1 Å². The predicted molar refractivity (Wildman–Crippen MR) is 191 cm³/mol. The number of ether oxygens (including phenoxy) is 1. The van der Waals surface area contributed by atoms with Gasteiger partial charge in [-0.25, -0.2) is 9.97 Å². The van der Waals surface area contributed by atoms with Crippen molar-refractivity contribution in [3.8, 4) is 16.5 Å². The quantitative estimate of drug-likeness (QED) is 0.243. The Kier molecular flexibility index (Phi) is 8.69. The lowest BCUT2D eigenvalue weighted by atomic mass is 10.0. The molecule has 5 aromatic rings. The number of benzene rings is 1. The van der Waals surface area contributed by atoms with Gasteiger partial charge in [0.1, 0.15) is 18.1 Å². The minimum Gasteiger partial charge on any atom is -0.504 e. The van der Waals surface area contributed by atoms with Crippen molar-refractivity contribution in [1.82, 2.24) is 34.0 Å². The molecule has 1 spiro atoms. The largest absolute Gasteiger partial charge is 0.504 e. The van der Waals surface area contributed by atoms with Gasteiger partial charge in [0.25, 0.3) is 11.5 Å². The Hall–Kier alpha value is -5.07. The van der Waals surface area contributed by atoms with Crippen molar-refractivity contribution in [2.24, 2.45) is 5.73 Å². The number of alkyl halides is 3. The predicted octanol–water partition coefficient (Wildman–Crippen LogP) is 4.26. The molecule has 0 radical (unpaired) electrons. The number of aromatic hydroxyl groups is 1. The van der Waals surface area contributed by atoms with Crippen LogP contribution in [0.3, 0.4) is 0 Å². The van der Waals surface area contributed by atoms with Crippen molar-refractivity contribution in [2.45, 2.75) is 57.3 Å². The van der Waals surface area contributed by atoms with E-state index < -0.39 is 35.2 Å². The average molecular weight is 784 g/mol. The van der Waals surface area contributed by atoms with Crippen LogP contribution in [0.5, 0.6) is 5.75 Å². The molecule has 54 heavy (non-hydrogen) atoms. The van der Waals surface area contributed by atoms with Crippen molar-refractivity contribution in [2.75, 3.05) is 37.7 Å². The molecule has 6 heterocycles. The summed E-state index contributed by atoms with van der Waals surface area (Å²) < 4.78 is 49.4. The minimum atomic E-state index is -4.70. The topological polar surface area (TPSA) is 174 Å². The summed E-state index contributed by atoms with van der Waals surface area (Å²) >= 11 is 8.01. The molecule has 282 valence electrons. The zero-order chi connectivity index (χ0) is 38.3. The van der Waals surface area contributed by atoms with Crippen molar-refractivity contribution in [3.05, 3.63) is 84.6 Å². The van der Waals surface area contributed by atoms with E-state index in [1.807, 2.05) is 6.07 Å². The number of hydrogen-bond acceptors (Lipinski definition) is 11. The maximum Gasteiger partial charge on any atom is 0.416 e. The Morgan fingerprint density at radius 2 is 1.89 bits per heavy atom. The number of primary amides is 1. The molecule has 1 saturated carbocycles. The SMILES string of the molecule is CCc1c(N2CCN(C(=O)c3ncnc(C)c3O)CC2)c(=O)n2nc(-c3cc4c(s3)C3(CC3)COC4)nc2n1C(C(N)=O)c1ccc(C(F)(F)F)cc1Cl. The lowest BCUT2D eigenvalue weighted by molar-refractivity contribution is -0.137. The van der Waals surface area contributed by atoms with Crippen LogP contribution in [-0.4, -0.2) is 83.7 Å². The zero-order valence-corrected chi connectivity index (χ0v) is 30.6. The van der Waals surface area contributed by atoms with Crippen LogP contribution in [0.15, 0.2) is 35.4 Å². The van der Waals surface area contributed by atoms with Crippen LogP contribution >= 0.6 is 22.9 Å². The summed E-state index contributed by atoms with van der Waals surface area (Å²) in [5, 5.41) is 14.7. The van der Waals surface area contributed by atoms with Crippen LogP contribution in [0.2, 0.25) is 5.02 Å². The third-order valence-electron chi connectivity index (χ3n) is 10.3. The number of rotatable bonds is 7. The van der Waals surface area contributed by atoms with Crippen LogP contribution < -0.4 is 16.2 Å². The smallest absolute Gasteiger partial charge is 0.416 e. The van der Waals surface area contributed by atoms with E-state index in [9.17, 15) is 32.7 Å². The first-order valence-electron chi connectivity index (χ1n) is 17.2. The molecule has 2 aliphatic heterocycles. The van der Waals surface area contributed by atoms with Gasteiger partial charge in [0, 0.05) is 47.1 Å². The number of fused-ring (bicyclic) bond motifs is 3. The molecular weight excluding hydrogens is 751 g/mol. The first-order chi connectivity index (χ1) is 25.7. The Bertz CT molecular complexity index is 2420. The third-order valence-corrected chi connectivity index (χ3v) is 12.1. The van der Waals surface area contributed by atoms with Crippen LogP contribution in [-0.2, 0) is 34.2 Å². The Balaban J connectivity index is 1.27. The van der Waals surface area contributed by atoms with Crippen molar-refractivity contribution in [1.29, 1.82) is 0 Å². The molecule has 1 unspecified atom stereocenters. The van der Waals surface area contributed by atoms with Crippen LogP contribution in [0.25, 0.3) is 16.5 Å². The number of aryl methyl sites for hydroxylation is 1. The lowest BCUT2D eigenvalue weighted by Crippen LogP contribution is -2.51. The highest BCUT2D eigenvalue weighted by Gasteiger charge is 2.49. The van der Waals surface area contributed by atoms with Gasteiger partial charge in [-0.15, -0.1) is 16.4 Å². The van der Waals surface area contributed by atoms with E-state index in [4.69, 9.17) is 27.1 Å². The van der Waals surface area contributed by atoms with Crippen molar-refractivity contribution < 1.29 is 32.6 Å². The van der Waals surface area contributed by atoms with E-state index in [2.05, 4.69) is 15.1 Å². The van der Waals surface area contributed by atoms with Crippen molar-refractivity contribution in [3.63, 3.8) is 0 Å². The second kappa shape index (κ2) is 13.1. The van der Waals surface area contributed by atoms with Gasteiger partial charge in [-0.1, -0.05) is 24.6 Å². The van der Waals surface area contributed by atoms with Crippen LogP contribution in [0.1, 0.15) is 69.3 Å². The van der Waals surface area contributed by atoms with Crippen LogP contribution in [0, 0.1) is 6.92 Å². The number of thiophene rings is 1. The molecule has 0 bridgehead atoms. The number of carbonyl (C=O) groups is 2. The third kappa shape index (κ3) is 5.86. The van der Waals surface area contributed by atoms with Gasteiger partial charge in [-0.05, 0) is 49.9 Å². The van der Waals surface area contributed by atoms with E-state index >= 15 is 0 Å². The van der Waals surface area contributed by atoms with Crippen molar-refractivity contribution >= 4 is 46.2 Å². The van der Waals surface area contributed by atoms with Gasteiger partial charge >= 0.3 is 6.18 Å². The normalized spacial score (nSPS) is 17.2. The molecule has 3 N–H and O–H groups in total. The highest BCUT2D eigenvalue weighted by atomic mass is 35.5. The fraction of sp³-hybridized carbons (Fsp3) is 0.400. The van der Waals surface area contributed by atoms with Gasteiger partial charge in [-0.3, -0.25) is 19.0 Å². The molecule has 1 saturated heterocycles. The first-order valence-corrected chi connectivity index (χ1v) is 18.4. The van der Waals surface area contributed by atoms with E-state index in [1.54, 1.807) is 18.7 Å². The van der Waals surface area contributed by atoms with Gasteiger partial charge in [0.15, 0.2) is 17.3 Å². The number of halogens is 4. The molecule has 14 nitrogen and oxygen atoms in total. The molecule has 3 aliphatic rings. The second-order valence-corrected chi connectivity index (χ2v) is 15.1. The summed E-state index contributed by atoms with van der Waals surface area (Å²) in [5.41, 5.74) is 6.02. The molecule has 1 atom stereocenters. The number of piperazine rings is 1. The molecule has 1 aromatic carbocycles. The highest BCUT2D eigenvalue weighted by Crippen LogP contribution is 2.55. The number of nitrogens with zero attached hydrogens (tertiary/aromatic N) is 8. The van der Waals surface area contributed by atoms with E-state index in [0.29, 0.717) is 23.8 Å². The number of hydrogen-bond donors (Lipinski definition) is 2. The number of amides is 2. The molecule has 4 aromatic heterocycles. The molecule has 2 amide bonds. The maximum absolute atomic E-state index is 14.6. The second-order valence-electron chi connectivity index (χ2n) is 13.7. The monoisotopic (exact) mass is 783 g/mol. The lowest BCUT2D eigenvalue weighted by Gasteiger charge is -2.37. The van der Waals surface area contributed by atoms with Crippen LogP contribution in [0.4, 0.5) is 18.9 Å². The summed E-state index contributed by atoms with van der Waals surface area (Å²) in [4.78, 5) is 59.2. The van der Waals surface area contributed by atoms with Gasteiger partial charge < -0.3 is 25.4 Å². The molecule has 8 rings (SSSR count). The summed E-state index contributed by atoms with van der Waals surface area (Å²) in [7, 11) is 0. The van der Waals surface area contributed by atoms with E-state index in [-0.39, 0.29) is 83.0 Å².